The average Bonchev–Trinajstić information content (AvgIpc) is 2.55. The van der Waals surface area contributed by atoms with Crippen molar-refractivity contribution in [1.82, 2.24) is 9.88 Å². The van der Waals surface area contributed by atoms with Crippen molar-refractivity contribution in [3.8, 4) is 5.75 Å². The molecule has 0 saturated heterocycles. The van der Waals surface area contributed by atoms with Gasteiger partial charge in [-0.1, -0.05) is 19.1 Å². The molecule has 0 amide bonds. The van der Waals surface area contributed by atoms with Crippen LogP contribution in [0.2, 0.25) is 0 Å². The Morgan fingerprint density at radius 3 is 2.67 bits per heavy atom. The highest BCUT2D eigenvalue weighted by atomic mass is 16.5. The van der Waals surface area contributed by atoms with Crippen LogP contribution in [0.25, 0.3) is 0 Å². The summed E-state index contributed by atoms with van der Waals surface area (Å²) in [4.78, 5) is 18.5. The lowest BCUT2D eigenvalue weighted by Gasteiger charge is -2.19. The number of Topliss-reactive ketones (excluding diaryl/α,β-unsaturated/α-hetero) is 1. The number of likely N-dealkylation sites (N-methyl/N-ethyl adjacent to an activating group) is 1. The summed E-state index contributed by atoms with van der Waals surface area (Å²) in [5, 5.41) is 0. The van der Waals surface area contributed by atoms with E-state index in [1.54, 1.807) is 25.6 Å². The molecule has 0 N–H and O–H groups in total. The second kappa shape index (κ2) is 7.55. The third kappa shape index (κ3) is 4.39. The minimum atomic E-state index is 0.102. The van der Waals surface area contributed by atoms with Crippen LogP contribution < -0.4 is 4.74 Å². The number of rotatable bonds is 7. The van der Waals surface area contributed by atoms with Gasteiger partial charge in [-0.15, -0.1) is 0 Å². The van der Waals surface area contributed by atoms with Gasteiger partial charge in [0.2, 0.25) is 0 Å². The zero-order valence-electron chi connectivity index (χ0n) is 12.5. The van der Waals surface area contributed by atoms with Crippen molar-refractivity contribution in [2.24, 2.45) is 0 Å². The SMILES string of the molecule is CCN(CC(=O)c1cccc(OC)c1)Cc1ccncc1. The molecule has 2 aromatic rings. The molecule has 0 bridgehead atoms. The topological polar surface area (TPSA) is 42.4 Å². The van der Waals surface area contributed by atoms with Gasteiger partial charge in [-0.3, -0.25) is 14.7 Å². The minimum absolute atomic E-state index is 0.102. The van der Waals surface area contributed by atoms with Gasteiger partial charge in [0.25, 0.3) is 0 Å². The summed E-state index contributed by atoms with van der Waals surface area (Å²) in [5.41, 5.74) is 1.84. The van der Waals surface area contributed by atoms with Gasteiger partial charge in [-0.05, 0) is 36.4 Å². The van der Waals surface area contributed by atoms with Crippen LogP contribution in [-0.4, -0.2) is 35.9 Å². The zero-order valence-corrected chi connectivity index (χ0v) is 12.5. The monoisotopic (exact) mass is 284 g/mol. The number of pyridine rings is 1. The molecule has 1 heterocycles. The summed E-state index contributed by atoms with van der Waals surface area (Å²) < 4.78 is 5.16. The van der Waals surface area contributed by atoms with E-state index < -0.39 is 0 Å². The maximum Gasteiger partial charge on any atom is 0.176 e. The molecule has 0 fully saturated rings. The molecule has 0 spiro atoms. The minimum Gasteiger partial charge on any atom is -0.497 e. The molecule has 4 nitrogen and oxygen atoms in total. The predicted molar refractivity (Wildman–Crippen MR) is 82.5 cm³/mol. The number of ether oxygens (including phenoxy) is 1. The maximum atomic E-state index is 12.4. The highest BCUT2D eigenvalue weighted by Crippen LogP contribution is 2.14. The fourth-order valence-electron chi connectivity index (χ4n) is 2.12. The summed E-state index contributed by atoms with van der Waals surface area (Å²) in [5.74, 6) is 0.808. The largest absolute Gasteiger partial charge is 0.497 e. The van der Waals surface area contributed by atoms with E-state index in [0.717, 1.165) is 18.7 Å². The van der Waals surface area contributed by atoms with Crippen LogP contribution in [-0.2, 0) is 6.54 Å². The molecular formula is C17H20N2O2. The smallest absolute Gasteiger partial charge is 0.176 e. The first kappa shape index (κ1) is 15.2. The van der Waals surface area contributed by atoms with Gasteiger partial charge in [0.1, 0.15) is 5.75 Å². The molecule has 0 unspecified atom stereocenters. The molecule has 1 aromatic carbocycles. The van der Waals surface area contributed by atoms with Gasteiger partial charge >= 0.3 is 0 Å². The number of nitrogens with zero attached hydrogens (tertiary/aromatic N) is 2. The van der Waals surface area contributed by atoms with Gasteiger partial charge < -0.3 is 4.74 Å². The Morgan fingerprint density at radius 1 is 1.24 bits per heavy atom. The predicted octanol–water partition coefficient (Wildman–Crippen LogP) is 2.80. The van der Waals surface area contributed by atoms with Crippen molar-refractivity contribution >= 4 is 5.78 Å². The highest BCUT2D eigenvalue weighted by Gasteiger charge is 2.12. The molecule has 0 aliphatic rings. The number of carbonyl (C=O) groups excluding carboxylic acids is 1. The van der Waals surface area contributed by atoms with E-state index in [9.17, 15) is 4.79 Å². The maximum absolute atomic E-state index is 12.4. The molecule has 0 atom stereocenters. The first-order valence-electron chi connectivity index (χ1n) is 7.01. The lowest BCUT2D eigenvalue weighted by Crippen LogP contribution is -2.29. The third-order valence-corrected chi connectivity index (χ3v) is 3.36. The molecule has 1 aromatic heterocycles. The summed E-state index contributed by atoms with van der Waals surface area (Å²) in [6.45, 7) is 4.01. The number of carbonyl (C=O) groups is 1. The molecule has 0 saturated carbocycles. The molecule has 21 heavy (non-hydrogen) atoms. The van der Waals surface area contributed by atoms with Crippen LogP contribution in [0.15, 0.2) is 48.8 Å². The first-order chi connectivity index (χ1) is 10.2. The fourth-order valence-corrected chi connectivity index (χ4v) is 2.12. The van der Waals surface area contributed by atoms with Crippen molar-refractivity contribution in [1.29, 1.82) is 0 Å². The van der Waals surface area contributed by atoms with Crippen molar-refractivity contribution in [2.75, 3.05) is 20.2 Å². The van der Waals surface area contributed by atoms with Gasteiger partial charge in [0.15, 0.2) is 5.78 Å². The van der Waals surface area contributed by atoms with Crippen molar-refractivity contribution in [3.63, 3.8) is 0 Å². The van der Waals surface area contributed by atoms with Gasteiger partial charge in [-0.2, -0.15) is 0 Å². The normalized spacial score (nSPS) is 10.6. The second-order valence-corrected chi connectivity index (χ2v) is 4.81. The molecule has 110 valence electrons. The van der Waals surface area contributed by atoms with Gasteiger partial charge in [0, 0.05) is 24.5 Å². The molecule has 2 rings (SSSR count). The highest BCUT2D eigenvalue weighted by molar-refractivity contribution is 5.97. The van der Waals surface area contributed by atoms with Crippen LogP contribution in [0.3, 0.4) is 0 Å². The van der Waals surface area contributed by atoms with Crippen LogP contribution >= 0.6 is 0 Å². The molecule has 0 radical (unpaired) electrons. The van der Waals surface area contributed by atoms with Crippen LogP contribution in [0.5, 0.6) is 5.75 Å². The van der Waals surface area contributed by atoms with Gasteiger partial charge in [-0.25, -0.2) is 0 Å². The summed E-state index contributed by atoms with van der Waals surface area (Å²) >= 11 is 0. The molecule has 4 heteroatoms. The van der Waals surface area contributed by atoms with E-state index in [1.807, 2.05) is 30.3 Å². The quantitative estimate of drug-likeness (QED) is 0.733. The lowest BCUT2D eigenvalue weighted by atomic mass is 10.1. The van der Waals surface area contributed by atoms with E-state index in [4.69, 9.17) is 4.74 Å². The molecular weight excluding hydrogens is 264 g/mol. The first-order valence-corrected chi connectivity index (χ1v) is 7.01. The number of hydrogen-bond donors (Lipinski definition) is 0. The number of ketones is 1. The van der Waals surface area contributed by atoms with E-state index in [-0.39, 0.29) is 5.78 Å². The van der Waals surface area contributed by atoms with Crippen LogP contribution in [0.4, 0.5) is 0 Å². The molecule has 0 aliphatic carbocycles. The Labute approximate surface area is 125 Å². The lowest BCUT2D eigenvalue weighted by molar-refractivity contribution is 0.0929. The summed E-state index contributed by atoms with van der Waals surface area (Å²) in [6, 6.07) is 11.2. The Balaban J connectivity index is 2.02. The summed E-state index contributed by atoms with van der Waals surface area (Å²) in [7, 11) is 1.60. The van der Waals surface area contributed by atoms with Crippen LogP contribution in [0.1, 0.15) is 22.8 Å². The van der Waals surface area contributed by atoms with E-state index in [0.29, 0.717) is 17.9 Å². The van der Waals surface area contributed by atoms with E-state index in [2.05, 4.69) is 16.8 Å². The number of aromatic nitrogens is 1. The Kier molecular flexibility index (Phi) is 5.46. The summed E-state index contributed by atoms with van der Waals surface area (Å²) in [6.07, 6.45) is 3.54. The average molecular weight is 284 g/mol. The number of methoxy groups -OCH3 is 1. The third-order valence-electron chi connectivity index (χ3n) is 3.36. The Bertz CT molecular complexity index is 584. The molecule has 0 aliphatic heterocycles. The van der Waals surface area contributed by atoms with E-state index >= 15 is 0 Å². The van der Waals surface area contributed by atoms with Crippen molar-refractivity contribution < 1.29 is 9.53 Å². The Hall–Kier alpha value is -2.20. The van der Waals surface area contributed by atoms with E-state index in [1.165, 1.54) is 0 Å². The fraction of sp³-hybridized carbons (Fsp3) is 0.294. The van der Waals surface area contributed by atoms with Crippen LogP contribution in [0, 0.1) is 0 Å². The number of benzene rings is 1. The zero-order chi connectivity index (χ0) is 15.1. The van der Waals surface area contributed by atoms with Crippen molar-refractivity contribution in [3.05, 3.63) is 59.9 Å². The standard InChI is InChI=1S/C17H20N2O2/c1-3-19(12-14-7-9-18-10-8-14)13-17(20)15-5-4-6-16(11-15)21-2/h4-11H,3,12-13H2,1-2H3. The second-order valence-electron chi connectivity index (χ2n) is 4.81. The number of hydrogen-bond acceptors (Lipinski definition) is 4. The van der Waals surface area contributed by atoms with Gasteiger partial charge in [0.05, 0.1) is 13.7 Å². The van der Waals surface area contributed by atoms with Crippen molar-refractivity contribution in [2.45, 2.75) is 13.5 Å². The Morgan fingerprint density at radius 2 is 2.00 bits per heavy atom.